The molecule has 1 heterocycles. The van der Waals surface area contributed by atoms with Crippen molar-refractivity contribution in [3.63, 3.8) is 0 Å². The lowest BCUT2D eigenvalue weighted by Gasteiger charge is -1.95. The minimum atomic E-state index is -1.28. The Bertz CT molecular complexity index is 379. The Morgan fingerprint density at radius 3 is 2.62 bits per heavy atom. The SMILES string of the molecule is O=C(O)c1ccc([N+](=O)[O-])c(Cl)n1. The van der Waals surface area contributed by atoms with Gasteiger partial charge in [0, 0.05) is 6.07 Å². The Labute approximate surface area is 76.9 Å². The van der Waals surface area contributed by atoms with Gasteiger partial charge in [0.2, 0.25) is 5.15 Å². The monoisotopic (exact) mass is 202 g/mol. The number of carboxylic acids is 1. The number of aromatic nitrogens is 1. The van der Waals surface area contributed by atoms with Crippen LogP contribution in [0.25, 0.3) is 0 Å². The topological polar surface area (TPSA) is 93.3 Å². The Morgan fingerprint density at radius 2 is 2.23 bits per heavy atom. The molecule has 1 rings (SSSR count). The van der Waals surface area contributed by atoms with Crippen molar-refractivity contribution in [2.24, 2.45) is 0 Å². The molecule has 68 valence electrons. The fraction of sp³-hybridized carbons (Fsp3) is 0. The van der Waals surface area contributed by atoms with E-state index in [0.717, 1.165) is 12.1 Å². The molecule has 0 spiro atoms. The third kappa shape index (κ3) is 1.91. The molecule has 0 aliphatic carbocycles. The number of rotatable bonds is 2. The van der Waals surface area contributed by atoms with Crippen LogP contribution in [0.2, 0.25) is 5.15 Å². The summed E-state index contributed by atoms with van der Waals surface area (Å²) < 4.78 is 0. The Morgan fingerprint density at radius 1 is 1.62 bits per heavy atom. The number of nitro groups is 1. The first-order chi connectivity index (χ1) is 6.02. The molecule has 0 radical (unpaired) electrons. The molecule has 1 aromatic heterocycles. The number of hydrogen-bond acceptors (Lipinski definition) is 4. The lowest BCUT2D eigenvalue weighted by Crippen LogP contribution is -2.01. The summed E-state index contributed by atoms with van der Waals surface area (Å²) >= 11 is 5.35. The van der Waals surface area contributed by atoms with E-state index >= 15 is 0 Å². The molecule has 0 fully saturated rings. The predicted molar refractivity (Wildman–Crippen MR) is 42.9 cm³/mol. The highest BCUT2D eigenvalue weighted by atomic mass is 35.5. The van der Waals surface area contributed by atoms with E-state index in [1.165, 1.54) is 0 Å². The highest BCUT2D eigenvalue weighted by molar-refractivity contribution is 6.31. The van der Waals surface area contributed by atoms with Crippen LogP contribution in [0, 0.1) is 10.1 Å². The number of pyridine rings is 1. The number of nitrogens with zero attached hydrogens (tertiary/aromatic N) is 2. The standard InChI is InChI=1S/C6H3ClN2O4/c7-5-4(9(12)13)2-1-3(8-5)6(10)11/h1-2H,(H,10,11). The van der Waals surface area contributed by atoms with Crippen LogP contribution < -0.4 is 0 Å². The van der Waals surface area contributed by atoms with Gasteiger partial charge in [0.05, 0.1) is 4.92 Å². The highest BCUT2D eigenvalue weighted by Crippen LogP contribution is 2.21. The van der Waals surface area contributed by atoms with Gasteiger partial charge in [0.1, 0.15) is 5.69 Å². The van der Waals surface area contributed by atoms with Crippen LogP contribution >= 0.6 is 11.6 Å². The molecule has 0 saturated heterocycles. The molecule has 0 saturated carbocycles. The average molecular weight is 203 g/mol. The summed E-state index contributed by atoms with van der Waals surface area (Å²) in [5.74, 6) is -1.28. The minimum Gasteiger partial charge on any atom is -0.477 e. The quantitative estimate of drug-likeness (QED) is 0.444. The summed E-state index contributed by atoms with van der Waals surface area (Å²) in [6, 6.07) is 2.02. The second kappa shape index (κ2) is 3.36. The van der Waals surface area contributed by atoms with Gasteiger partial charge in [-0.2, -0.15) is 0 Å². The molecule has 0 unspecified atom stereocenters. The molecular weight excluding hydrogens is 200 g/mol. The van der Waals surface area contributed by atoms with Gasteiger partial charge < -0.3 is 5.11 Å². The minimum absolute atomic E-state index is 0.324. The van der Waals surface area contributed by atoms with Gasteiger partial charge in [0.25, 0.3) is 0 Å². The van der Waals surface area contributed by atoms with E-state index in [1.54, 1.807) is 0 Å². The molecule has 0 atom stereocenters. The lowest BCUT2D eigenvalue weighted by atomic mass is 10.3. The van der Waals surface area contributed by atoms with E-state index in [-0.39, 0.29) is 5.69 Å². The second-order valence-electron chi connectivity index (χ2n) is 2.07. The first-order valence-corrected chi connectivity index (χ1v) is 3.44. The third-order valence-corrected chi connectivity index (χ3v) is 1.52. The molecule has 1 aromatic rings. The van der Waals surface area contributed by atoms with Crippen LogP contribution in [-0.2, 0) is 0 Å². The van der Waals surface area contributed by atoms with Crippen molar-refractivity contribution in [2.75, 3.05) is 0 Å². The first-order valence-electron chi connectivity index (χ1n) is 3.06. The number of halogens is 1. The van der Waals surface area contributed by atoms with Crippen molar-refractivity contribution in [1.82, 2.24) is 4.98 Å². The molecule has 0 aliphatic heterocycles. The first kappa shape index (κ1) is 9.40. The molecule has 0 bridgehead atoms. The van der Waals surface area contributed by atoms with Gasteiger partial charge in [-0.15, -0.1) is 0 Å². The molecule has 1 N–H and O–H groups in total. The van der Waals surface area contributed by atoms with Crippen LogP contribution in [0.5, 0.6) is 0 Å². The number of aromatic carboxylic acids is 1. The Balaban J connectivity index is 3.20. The average Bonchev–Trinajstić information content (AvgIpc) is 2.03. The smallest absolute Gasteiger partial charge is 0.354 e. The Kier molecular flexibility index (Phi) is 2.43. The summed E-state index contributed by atoms with van der Waals surface area (Å²) in [5, 5.41) is 18.3. The summed E-state index contributed by atoms with van der Waals surface area (Å²) in [6.07, 6.45) is 0. The van der Waals surface area contributed by atoms with Gasteiger partial charge in [-0.05, 0) is 6.07 Å². The maximum absolute atomic E-state index is 10.3. The van der Waals surface area contributed by atoms with Crippen molar-refractivity contribution in [1.29, 1.82) is 0 Å². The van der Waals surface area contributed by atoms with E-state index in [9.17, 15) is 14.9 Å². The van der Waals surface area contributed by atoms with Crippen molar-refractivity contribution >= 4 is 23.3 Å². The second-order valence-corrected chi connectivity index (χ2v) is 2.43. The molecular formula is C6H3ClN2O4. The maximum Gasteiger partial charge on any atom is 0.354 e. The molecule has 13 heavy (non-hydrogen) atoms. The van der Waals surface area contributed by atoms with E-state index in [1.807, 2.05) is 0 Å². The summed E-state index contributed by atoms with van der Waals surface area (Å²) in [6.45, 7) is 0. The summed E-state index contributed by atoms with van der Waals surface area (Å²) in [5.41, 5.74) is -0.734. The zero-order valence-corrected chi connectivity index (χ0v) is 6.85. The molecule has 0 amide bonds. The van der Waals surface area contributed by atoms with Crippen molar-refractivity contribution < 1.29 is 14.8 Å². The largest absolute Gasteiger partial charge is 0.477 e. The van der Waals surface area contributed by atoms with Crippen LogP contribution in [0.15, 0.2) is 12.1 Å². The lowest BCUT2D eigenvalue weighted by molar-refractivity contribution is -0.385. The predicted octanol–water partition coefficient (Wildman–Crippen LogP) is 1.34. The highest BCUT2D eigenvalue weighted by Gasteiger charge is 2.15. The zero-order valence-electron chi connectivity index (χ0n) is 6.10. The van der Waals surface area contributed by atoms with Crippen molar-refractivity contribution in [2.45, 2.75) is 0 Å². The van der Waals surface area contributed by atoms with Gasteiger partial charge >= 0.3 is 11.7 Å². The summed E-state index contributed by atoms with van der Waals surface area (Å²) in [7, 11) is 0. The fourth-order valence-corrected chi connectivity index (χ4v) is 0.905. The van der Waals surface area contributed by atoms with E-state index in [2.05, 4.69) is 4.98 Å². The number of hydrogen-bond donors (Lipinski definition) is 1. The van der Waals surface area contributed by atoms with Crippen molar-refractivity contribution in [3.8, 4) is 0 Å². The van der Waals surface area contributed by atoms with Gasteiger partial charge in [-0.1, -0.05) is 11.6 Å². The van der Waals surface area contributed by atoms with Crippen LogP contribution in [-0.4, -0.2) is 21.0 Å². The van der Waals surface area contributed by atoms with Crippen molar-refractivity contribution in [3.05, 3.63) is 33.1 Å². The Hall–Kier alpha value is -1.69. The van der Waals surface area contributed by atoms with E-state index in [0.29, 0.717) is 0 Å². The van der Waals surface area contributed by atoms with Crippen LogP contribution in [0.4, 0.5) is 5.69 Å². The zero-order chi connectivity index (χ0) is 10.0. The maximum atomic E-state index is 10.3. The molecule has 0 aromatic carbocycles. The van der Waals surface area contributed by atoms with Gasteiger partial charge in [-0.25, -0.2) is 9.78 Å². The normalized spacial score (nSPS) is 9.62. The fourth-order valence-electron chi connectivity index (χ4n) is 0.682. The van der Waals surface area contributed by atoms with Gasteiger partial charge in [0.15, 0.2) is 0 Å². The van der Waals surface area contributed by atoms with E-state index < -0.39 is 21.7 Å². The van der Waals surface area contributed by atoms with Gasteiger partial charge in [-0.3, -0.25) is 10.1 Å². The molecule has 0 aliphatic rings. The third-order valence-electron chi connectivity index (χ3n) is 1.24. The van der Waals surface area contributed by atoms with Crippen LogP contribution in [0.3, 0.4) is 0 Å². The number of carbonyl (C=O) groups is 1. The molecule has 7 heteroatoms. The number of carboxylic acid groups (broad SMARTS) is 1. The van der Waals surface area contributed by atoms with E-state index in [4.69, 9.17) is 16.7 Å². The summed E-state index contributed by atoms with van der Waals surface area (Å²) in [4.78, 5) is 23.2. The molecule has 6 nitrogen and oxygen atoms in total. The van der Waals surface area contributed by atoms with Crippen LogP contribution in [0.1, 0.15) is 10.5 Å².